The molecule has 0 aliphatic carbocycles. The molecule has 0 nitrogen and oxygen atoms in total. The minimum Gasteiger partial charge on any atom is -0.206 e. The third kappa shape index (κ3) is 19.2. The maximum absolute atomic E-state index is 15.0. The monoisotopic (exact) mass is 1340 g/mol. The Balaban J connectivity index is 0.000000158. The van der Waals surface area contributed by atoms with Crippen molar-refractivity contribution in [2.75, 3.05) is 0 Å². The number of hydrogen-bond acceptors (Lipinski definition) is 0. The Morgan fingerprint density at radius 1 is 0.167 bits per heavy atom. The van der Waals surface area contributed by atoms with Crippen molar-refractivity contribution >= 4 is 0 Å². The lowest BCUT2D eigenvalue weighted by atomic mass is 9.88. The molecule has 12 aromatic carbocycles. The van der Waals surface area contributed by atoms with E-state index >= 15 is 0 Å². The summed E-state index contributed by atoms with van der Waals surface area (Å²) in [5, 5.41) is 0. The van der Waals surface area contributed by atoms with Gasteiger partial charge in [0.2, 0.25) is 0 Å². The van der Waals surface area contributed by atoms with Gasteiger partial charge in [0.05, 0.1) is 0 Å². The van der Waals surface area contributed by atoms with E-state index in [-0.39, 0.29) is 5.82 Å². The molecular formula is C101H113F. The lowest BCUT2D eigenvalue weighted by Gasteiger charge is -2.16. The summed E-state index contributed by atoms with van der Waals surface area (Å²) in [6, 6.07) is 89.1. The van der Waals surface area contributed by atoms with Gasteiger partial charge in [0.1, 0.15) is 5.82 Å². The van der Waals surface area contributed by atoms with Gasteiger partial charge in [0.15, 0.2) is 0 Å². The predicted octanol–water partition coefficient (Wildman–Crippen LogP) is 28.4. The molecule has 0 aromatic heterocycles. The molecule has 0 aliphatic rings. The zero-order valence-electron chi connectivity index (χ0n) is 64.4. The largest absolute Gasteiger partial charge is 0.206 e. The van der Waals surface area contributed by atoms with Crippen LogP contribution in [0.4, 0.5) is 4.39 Å². The maximum Gasteiger partial charge on any atom is 0.131 e. The van der Waals surface area contributed by atoms with Crippen molar-refractivity contribution in [1.29, 1.82) is 0 Å². The highest BCUT2D eigenvalue weighted by atomic mass is 19.1. The van der Waals surface area contributed by atoms with E-state index in [9.17, 15) is 4.39 Å². The van der Waals surface area contributed by atoms with Crippen LogP contribution < -0.4 is 0 Å². The third-order valence-electron chi connectivity index (χ3n) is 21.0. The summed E-state index contributed by atoms with van der Waals surface area (Å²) < 4.78 is 15.0. The SMILES string of the molecule is CCc1ccc(-c2cc(CC)c(-c3ccc(CC)cc3)cc2C)cc1.CCc1ccc(-c2cc(CC)c(-c3ccc(CC)cc3)cc2CC)cc1.CCc1ccc(-c2ccc(-c3ccc(CC)c(CC)c3)c(F)c2)cc1CC.CCc1ccc(-c2ccc(-c3ccc(CC)cc3)c(CC)c2)cc1. The highest BCUT2D eigenvalue weighted by Gasteiger charge is 2.16. The molecule has 0 fully saturated rings. The van der Waals surface area contributed by atoms with E-state index < -0.39 is 0 Å². The van der Waals surface area contributed by atoms with Crippen LogP contribution in [0.3, 0.4) is 0 Å². The van der Waals surface area contributed by atoms with Crippen LogP contribution in [0.25, 0.3) is 89.0 Å². The summed E-state index contributed by atoms with van der Waals surface area (Å²) in [7, 11) is 0. The summed E-state index contributed by atoms with van der Waals surface area (Å²) in [6.45, 7) is 33.1. The van der Waals surface area contributed by atoms with Gasteiger partial charge in [-0.25, -0.2) is 4.39 Å². The van der Waals surface area contributed by atoms with Gasteiger partial charge in [-0.3, -0.25) is 0 Å². The van der Waals surface area contributed by atoms with Crippen LogP contribution in [0, 0.1) is 12.7 Å². The Bertz CT molecular complexity index is 4540. The van der Waals surface area contributed by atoms with Gasteiger partial charge in [-0.05, 0) is 270 Å². The summed E-state index contributed by atoms with van der Waals surface area (Å²) in [5.74, 6) is -0.156. The number of hydrogen-bond donors (Lipinski definition) is 0. The van der Waals surface area contributed by atoms with E-state index in [4.69, 9.17) is 0 Å². The molecule has 12 rings (SSSR count). The second-order valence-electron chi connectivity index (χ2n) is 27.2. The van der Waals surface area contributed by atoms with Crippen LogP contribution in [0.2, 0.25) is 0 Å². The van der Waals surface area contributed by atoms with Gasteiger partial charge in [-0.1, -0.05) is 334 Å². The van der Waals surface area contributed by atoms with Crippen molar-refractivity contribution in [3.05, 3.63) is 332 Å². The first-order valence-corrected chi connectivity index (χ1v) is 38.7. The summed E-state index contributed by atoms with van der Waals surface area (Å²) in [5.41, 5.74) is 40.6. The second-order valence-corrected chi connectivity index (χ2v) is 27.2. The fraction of sp³-hybridized carbons (Fsp3) is 0.287. The Labute approximate surface area is 615 Å². The van der Waals surface area contributed by atoms with Gasteiger partial charge < -0.3 is 0 Å². The van der Waals surface area contributed by atoms with Crippen molar-refractivity contribution < 1.29 is 4.39 Å². The molecule has 1 heteroatoms. The van der Waals surface area contributed by atoms with Crippen LogP contribution in [0.15, 0.2) is 243 Å². The van der Waals surface area contributed by atoms with Crippen LogP contribution in [-0.4, -0.2) is 0 Å². The van der Waals surface area contributed by atoms with Crippen LogP contribution in [0.1, 0.15) is 180 Å². The molecule has 0 N–H and O–H groups in total. The zero-order chi connectivity index (χ0) is 72.7. The topological polar surface area (TPSA) is 0 Å². The number of rotatable bonds is 22. The fourth-order valence-corrected chi connectivity index (χ4v) is 14.2. The smallest absolute Gasteiger partial charge is 0.131 e. The van der Waals surface area contributed by atoms with Crippen molar-refractivity contribution in [3.8, 4) is 89.0 Å². The van der Waals surface area contributed by atoms with Crippen molar-refractivity contribution in [3.63, 3.8) is 0 Å². The summed E-state index contributed by atoms with van der Waals surface area (Å²) >= 11 is 0. The number of benzene rings is 12. The van der Waals surface area contributed by atoms with E-state index in [0.717, 1.165) is 107 Å². The molecule has 0 aliphatic heterocycles. The van der Waals surface area contributed by atoms with Crippen LogP contribution in [0.5, 0.6) is 0 Å². The Kier molecular flexibility index (Phi) is 28.6. The highest BCUT2D eigenvalue weighted by Crippen LogP contribution is 2.38. The fourth-order valence-electron chi connectivity index (χ4n) is 14.2. The van der Waals surface area contributed by atoms with Gasteiger partial charge in [-0.15, -0.1) is 0 Å². The highest BCUT2D eigenvalue weighted by molar-refractivity contribution is 5.80. The predicted molar refractivity (Wildman–Crippen MR) is 445 cm³/mol. The Hall–Kier alpha value is -9.43. The number of halogens is 1. The van der Waals surface area contributed by atoms with Crippen molar-refractivity contribution in [1.82, 2.24) is 0 Å². The van der Waals surface area contributed by atoms with E-state index in [1.54, 1.807) is 6.07 Å². The standard InChI is InChI=1S/C26H29F.C26H30.C25H28.C24H26/c1-5-18-9-11-22(15-20(18)7-3)23-13-14-25(26(27)17-23)24-12-10-19(6-2)21(8-4)16-24;1-5-19-9-13-23(14-10-19)25-17-22(8-4)26(18-21(25)7-3)24-15-11-20(6-2)12-16-24;1-5-19-8-12-22(13-9-19)24-17-21(7-3)25(16-18(24)4)23-14-10-20(6-2)11-15-23;1-4-18-7-11-21(12-8-18)23-15-16-24(20(6-3)17-23)22-13-9-19(5-2)10-14-22/h9-17H,5-8H2,1-4H3;9-18H,5-8H2,1-4H3;8-17H,5-7H2,1-4H3;7-17H,4-6H2,1-3H3. The average Bonchev–Trinajstić information content (AvgIpc) is 0.806. The van der Waals surface area contributed by atoms with E-state index in [1.807, 2.05) is 18.2 Å². The van der Waals surface area contributed by atoms with Crippen molar-refractivity contribution in [2.45, 2.75) is 194 Å². The maximum atomic E-state index is 15.0. The molecule has 0 unspecified atom stereocenters. The first-order valence-electron chi connectivity index (χ1n) is 38.7. The molecular weight excluding hydrogens is 1230 g/mol. The zero-order valence-corrected chi connectivity index (χ0v) is 64.4. The van der Waals surface area contributed by atoms with Gasteiger partial charge >= 0.3 is 0 Å². The second kappa shape index (κ2) is 38.0. The lowest BCUT2D eigenvalue weighted by molar-refractivity contribution is 0.632. The summed E-state index contributed by atoms with van der Waals surface area (Å²) in [6.07, 6.45) is 14.8. The molecule has 0 atom stereocenters. The molecule has 0 saturated heterocycles. The normalized spacial score (nSPS) is 10.9. The molecule has 0 radical (unpaired) electrons. The van der Waals surface area contributed by atoms with E-state index in [1.165, 1.54) is 150 Å². The Morgan fingerprint density at radius 3 is 0.745 bits per heavy atom. The molecule has 524 valence electrons. The first kappa shape index (κ1) is 76.7. The van der Waals surface area contributed by atoms with Gasteiger partial charge in [0.25, 0.3) is 0 Å². The quantitative estimate of drug-likeness (QED) is 0.0634. The lowest BCUT2D eigenvalue weighted by Crippen LogP contribution is -1.96. The average molecular weight is 1350 g/mol. The first-order chi connectivity index (χ1) is 49.7. The molecule has 12 aromatic rings. The van der Waals surface area contributed by atoms with Gasteiger partial charge in [0, 0.05) is 5.56 Å². The van der Waals surface area contributed by atoms with Crippen LogP contribution >= 0.6 is 0 Å². The minimum atomic E-state index is -0.156. The molecule has 0 saturated carbocycles. The third-order valence-corrected chi connectivity index (χ3v) is 21.0. The molecule has 0 bridgehead atoms. The van der Waals surface area contributed by atoms with Gasteiger partial charge in [-0.2, -0.15) is 0 Å². The van der Waals surface area contributed by atoms with E-state index in [0.29, 0.717) is 5.56 Å². The van der Waals surface area contributed by atoms with E-state index in [2.05, 4.69) is 322 Å². The molecule has 0 spiro atoms. The summed E-state index contributed by atoms with van der Waals surface area (Å²) in [4.78, 5) is 0. The van der Waals surface area contributed by atoms with Crippen molar-refractivity contribution in [2.24, 2.45) is 0 Å². The molecule has 0 amide bonds. The van der Waals surface area contributed by atoms with Crippen LogP contribution in [-0.2, 0) is 89.9 Å². The molecule has 102 heavy (non-hydrogen) atoms. The minimum absolute atomic E-state index is 0.156. The number of aryl methyl sites for hydroxylation is 15. The molecule has 0 heterocycles. The Morgan fingerprint density at radius 2 is 0.402 bits per heavy atom.